The molecule has 4 rings (SSSR count). The number of quaternary nitrogens is 1. The van der Waals surface area contributed by atoms with Gasteiger partial charge in [-0.05, 0) is 31.5 Å². The van der Waals surface area contributed by atoms with Gasteiger partial charge < -0.3 is 4.90 Å². The van der Waals surface area contributed by atoms with E-state index in [4.69, 9.17) is 5.21 Å². The number of hydrogen-bond acceptors (Lipinski definition) is 7. The van der Waals surface area contributed by atoms with Crippen LogP contribution in [0.5, 0.6) is 0 Å². The fourth-order valence-corrected chi connectivity index (χ4v) is 5.79. The number of hydrogen-bond donors (Lipinski definition) is 3. The van der Waals surface area contributed by atoms with E-state index in [1.165, 1.54) is 35.9 Å². The number of hydroxylamine groups is 1. The minimum absolute atomic E-state index is 0.000299. The SMILES string of the molecule is O=C(NO)c1cnc(N2CC[N+](c3cccc(CN4CCCC4)c3)(S(=O)O)CC2)s1. The molecule has 1 amide bonds. The lowest BCUT2D eigenvalue weighted by molar-refractivity contribution is 0.0710. The quantitative estimate of drug-likeness (QED) is 0.266. The highest BCUT2D eigenvalue weighted by molar-refractivity contribution is 7.78. The van der Waals surface area contributed by atoms with Crippen LogP contribution in [0.25, 0.3) is 0 Å². The Balaban J connectivity index is 1.50. The van der Waals surface area contributed by atoms with Crippen molar-refractivity contribution in [2.24, 2.45) is 0 Å². The average Bonchev–Trinajstić information content (AvgIpc) is 3.45. The summed E-state index contributed by atoms with van der Waals surface area (Å²) in [4.78, 5) is 20.6. The highest BCUT2D eigenvalue weighted by Crippen LogP contribution is 2.31. The number of nitrogens with one attached hydrogen (secondary N) is 1. The molecule has 0 radical (unpaired) electrons. The molecule has 2 aromatic rings. The van der Waals surface area contributed by atoms with Gasteiger partial charge >= 0.3 is 11.3 Å². The molecule has 0 spiro atoms. The first kappa shape index (κ1) is 21.3. The molecule has 2 aliphatic heterocycles. The van der Waals surface area contributed by atoms with Crippen molar-refractivity contribution in [1.82, 2.24) is 19.3 Å². The zero-order valence-corrected chi connectivity index (χ0v) is 18.2. The number of benzene rings is 1. The van der Waals surface area contributed by atoms with E-state index in [0.29, 0.717) is 36.2 Å². The third-order valence-electron chi connectivity index (χ3n) is 5.84. The Kier molecular flexibility index (Phi) is 6.46. The van der Waals surface area contributed by atoms with E-state index in [-0.39, 0.29) is 3.89 Å². The second-order valence-electron chi connectivity index (χ2n) is 7.66. The number of carbonyl (C=O) groups is 1. The molecular weight excluding hydrogens is 426 g/mol. The molecule has 2 saturated heterocycles. The van der Waals surface area contributed by atoms with Crippen LogP contribution in [-0.2, 0) is 17.8 Å². The van der Waals surface area contributed by atoms with Crippen molar-refractivity contribution in [3.8, 4) is 0 Å². The molecule has 1 atom stereocenters. The van der Waals surface area contributed by atoms with Crippen LogP contribution >= 0.6 is 11.3 Å². The average molecular weight is 453 g/mol. The number of rotatable bonds is 6. The summed E-state index contributed by atoms with van der Waals surface area (Å²) in [6.07, 6.45) is 3.89. The van der Waals surface area contributed by atoms with E-state index in [1.54, 1.807) is 5.48 Å². The predicted octanol–water partition coefficient (Wildman–Crippen LogP) is 1.82. The molecule has 11 heteroatoms. The normalized spacial score (nSPS) is 20.3. The number of carbonyl (C=O) groups excluding carboxylic acids is 1. The van der Waals surface area contributed by atoms with Gasteiger partial charge in [-0.25, -0.2) is 10.5 Å². The Hall–Kier alpha value is -1.89. The number of anilines is 1. The summed E-state index contributed by atoms with van der Waals surface area (Å²) in [6.45, 7) is 5.07. The molecule has 2 aliphatic rings. The van der Waals surface area contributed by atoms with Gasteiger partial charge in [0.1, 0.15) is 23.7 Å². The van der Waals surface area contributed by atoms with E-state index >= 15 is 0 Å². The minimum atomic E-state index is -2.07. The first-order valence-corrected chi connectivity index (χ1v) is 11.9. The van der Waals surface area contributed by atoms with Crippen LogP contribution in [0.15, 0.2) is 30.5 Å². The summed E-state index contributed by atoms with van der Waals surface area (Å²) in [5, 5.41) is 9.44. The molecule has 30 heavy (non-hydrogen) atoms. The molecule has 3 heterocycles. The van der Waals surface area contributed by atoms with Crippen LogP contribution in [0.1, 0.15) is 28.1 Å². The molecule has 1 aromatic carbocycles. The van der Waals surface area contributed by atoms with Gasteiger partial charge in [-0.15, -0.1) is 0 Å². The number of thiazole rings is 1. The molecular formula is C19H26N5O4S2+. The highest BCUT2D eigenvalue weighted by atomic mass is 32.2. The summed E-state index contributed by atoms with van der Waals surface area (Å²) in [7, 11) is 0. The van der Waals surface area contributed by atoms with Gasteiger partial charge in [-0.3, -0.25) is 19.5 Å². The van der Waals surface area contributed by atoms with Gasteiger partial charge in [0.25, 0.3) is 5.91 Å². The topological polar surface area (TPSA) is 106 Å². The maximum absolute atomic E-state index is 12.5. The molecule has 1 unspecified atom stereocenters. The fourth-order valence-electron chi connectivity index (χ4n) is 4.16. The number of nitrogens with zero attached hydrogens (tertiary/aromatic N) is 4. The summed E-state index contributed by atoms with van der Waals surface area (Å²) in [6, 6.07) is 8.05. The largest absolute Gasteiger partial charge is 0.363 e. The van der Waals surface area contributed by atoms with Crippen LogP contribution in [0, 0.1) is 0 Å². The standard InChI is InChI=1S/C19H25N5O4S2/c25-18(21-26)17-13-20-19(29-17)23-8-10-24(11-9-23,30(27)28)16-5-3-4-15(12-16)14-22-6-1-2-7-22/h3-5,12-13H,1-2,6-11,14H2,(H2-,21,25,26,27,28)/p+1. The highest BCUT2D eigenvalue weighted by Gasteiger charge is 2.42. The van der Waals surface area contributed by atoms with Gasteiger partial charge in [-0.2, -0.15) is 8.10 Å². The second-order valence-corrected chi connectivity index (χ2v) is 9.82. The van der Waals surface area contributed by atoms with Gasteiger partial charge in [0.15, 0.2) is 5.13 Å². The minimum Gasteiger partial charge on any atom is -0.337 e. The van der Waals surface area contributed by atoms with Crippen LogP contribution in [0.4, 0.5) is 10.8 Å². The first-order valence-electron chi connectivity index (χ1n) is 9.97. The summed E-state index contributed by atoms with van der Waals surface area (Å²) in [5.41, 5.74) is 3.63. The van der Waals surface area contributed by atoms with Crippen molar-refractivity contribution in [2.75, 3.05) is 44.2 Å². The van der Waals surface area contributed by atoms with Gasteiger partial charge in [-0.1, -0.05) is 23.5 Å². The number of piperazine rings is 1. The number of aromatic nitrogens is 1. The number of amides is 1. The lowest BCUT2D eigenvalue weighted by atomic mass is 10.1. The number of likely N-dealkylation sites (tertiary alicyclic amines) is 1. The van der Waals surface area contributed by atoms with Crippen LogP contribution in [0.3, 0.4) is 0 Å². The van der Waals surface area contributed by atoms with Crippen molar-refractivity contribution in [1.29, 1.82) is 0 Å². The Morgan fingerprint density at radius 2 is 1.97 bits per heavy atom. The summed E-state index contributed by atoms with van der Waals surface area (Å²) in [5.74, 6) is -0.591. The summed E-state index contributed by atoms with van der Waals surface area (Å²) < 4.78 is 22.7. The lowest BCUT2D eigenvalue weighted by Gasteiger charge is -2.40. The van der Waals surface area contributed by atoms with E-state index in [9.17, 15) is 13.6 Å². The van der Waals surface area contributed by atoms with Crippen molar-refractivity contribution >= 4 is 39.3 Å². The Morgan fingerprint density at radius 1 is 1.23 bits per heavy atom. The molecule has 9 nitrogen and oxygen atoms in total. The van der Waals surface area contributed by atoms with Crippen molar-refractivity contribution in [2.45, 2.75) is 19.4 Å². The Labute approximate surface area is 181 Å². The monoisotopic (exact) mass is 452 g/mol. The van der Waals surface area contributed by atoms with E-state index in [0.717, 1.165) is 25.3 Å². The van der Waals surface area contributed by atoms with Crippen LogP contribution in [-0.4, -0.2) is 69.0 Å². The fraction of sp³-hybridized carbons (Fsp3) is 0.474. The molecule has 162 valence electrons. The maximum atomic E-state index is 12.5. The van der Waals surface area contributed by atoms with E-state index in [2.05, 4.69) is 22.0 Å². The first-order chi connectivity index (χ1) is 14.5. The maximum Gasteiger partial charge on any atom is 0.363 e. The summed E-state index contributed by atoms with van der Waals surface area (Å²) >= 11 is -0.877. The van der Waals surface area contributed by atoms with Gasteiger partial charge in [0, 0.05) is 18.7 Å². The van der Waals surface area contributed by atoms with Gasteiger partial charge in [0.05, 0.1) is 19.3 Å². The zero-order chi connectivity index (χ0) is 21.1. The second kappa shape index (κ2) is 9.08. The van der Waals surface area contributed by atoms with Crippen LogP contribution < -0.4 is 14.3 Å². The van der Waals surface area contributed by atoms with E-state index < -0.39 is 17.2 Å². The molecule has 3 N–H and O–H groups in total. The van der Waals surface area contributed by atoms with Gasteiger partial charge in [0.2, 0.25) is 0 Å². The zero-order valence-electron chi connectivity index (χ0n) is 16.6. The molecule has 0 aliphatic carbocycles. The third kappa shape index (κ3) is 4.27. The van der Waals surface area contributed by atoms with Crippen molar-refractivity contribution < 1.29 is 18.8 Å². The van der Waals surface area contributed by atoms with Crippen LogP contribution in [0.2, 0.25) is 0 Å². The Bertz CT molecular complexity index is 923. The molecule has 0 saturated carbocycles. The van der Waals surface area contributed by atoms with Crippen molar-refractivity contribution in [3.63, 3.8) is 0 Å². The Morgan fingerprint density at radius 3 is 2.63 bits per heavy atom. The predicted molar refractivity (Wildman–Crippen MR) is 117 cm³/mol. The smallest absolute Gasteiger partial charge is 0.337 e. The molecule has 1 aromatic heterocycles. The molecule has 0 bridgehead atoms. The van der Waals surface area contributed by atoms with E-state index in [1.807, 2.05) is 17.0 Å². The lowest BCUT2D eigenvalue weighted by Crippen LogP contribution is -2.61. The van der Waals surface area contributed by atoms with Crippen molar-refractivity contribution in [3.05, 3.63) is 40.9 Å². The molecule has 2 fully saturated rings. The third-order valence-corrected chi connectivity index (χ3v) is 8.07.